The monoisotopic (exact) mass is 349 g/mol. The summed E-state index contributed by atoms with van der Waals surface area (Å²) in [5.74, 6) is 0.350. The Morgan fingerprint density at radius 2 is 1.92 bits per heavy atom. The van der Waals surface area contributed by atoms with Gasteiger partial charge in [-0.1, -0.05) is 13.8 Å². The predicted molar refractivity (Wildman–Crippen MR) is 95.1 cm³/mol. The second-order valence-electron chi connectivity index (χ2n) is 7.69. The van der Waals surface area contributed by atoms with E-state index in [4.69, 9.17) is 18.9 Å². The lowest BCUT2D eigenvalue weighted by Crippen LogP contribution is -2.54. The van der Waals surface area contributed by atoms with Crippen LogP contribution in [0.5, 0.6) is 0 Å². The van der Waals surface area contributed by atoms with Gasteiger partial charge in [-0.25, -0.2) is 0 Å². The molecular weight excluding hydrogens is 318 g/mol. The van der Waals surface area contributed by atoms with Gasteiger partial charge in [0.25, 0.3) is 0 Å². The van der Waals surface area contributed by atoms with Crippen LogP contribution in [0, 0.1) is 5.92 Å². The van der Waals surface area contributed by atoms with Gasteiger partial charge in [-0.15, -0.1) is 0 Å². The minimum atomic E-state index is -0.312. The number of nitrogens with zero attached hydrogens (tertiary/aromatic N) is 1. The molecule has 0 saturated carbocycles. The largest absolute Gasteiger partial charge is 0.368 e. The minimum Gasteiger partial charge on any atom is -0.368 e. The molecule has 3 rings (SSSR count). The zero-order valence-corrected chi connectivity index (χ0v) is 16.0. The van der Waals surface area contributed by atoms with Crippen molar-refractivity contribution in [1.29, 1.82) is 0 Å². The highest BCUT2D eigenvalue weighted by Crippen LogP contribution is 2.56. The summed E-state index contributed by atoms with van der Waals surface area (Å²) in [5, 5.41) is 0. The molecule has 2 aliphatic rings. The molecule has 0 aliphatic carbocycles. The summed E-state index contributed by atoms with van der Waals surface area (Å²) in [6.07, 6.45) is 5.06. The molecule has 5 atom stereocenters. The summed E-state index contributed by atoms with van der Waals surface area (Å²) in [6, 6.07) is 3.96. The van der Waals surface area contributed by atoms with Crippen molar-refractivity contribution >= 4 is 0 Å². The molecule has 2 bridgehead atoms. The van der Waals surface area contributed by atoms with Crippen molar-refractivity contribution in [1.82, 2.24) is 4.98 Å². The zero-order chi connectivity index (χ0) is 18.1. The highest BCUT2D eigenvalue weighted by molar-refractivity contribution is 5.17. The SMILES string of the molecule is CCOC(C)O[C@@H]1[C@@H](OCc2ccncc2)[C@]2(C)CC[C@@]1(C(C)C)O2. The van der Waals surface area contributed by atoms with Gasteiger partial charge in [0, 0.05) is 19.0 Å². The zero-order valence-electron chi connectivity index (χ0n) is 16.0. The van der Waals surface area contributed by atoms with E-state index < -0.39 is 0 Å². The third-order valence-electron chi connectivity index (χ3n) is 5.69. The molecule has 5 nitrogen and oxygen atoms in total. The Hall–Kier alpha value is -1.01. The molecule has 0 N–H and O–H groups in total. The predicted octanol–water partition coefficient (Wildman–Crippen LogP) is 3.71. The standard InChI is InChI=1S/C20H31NO4/c1-6-22-15(4)24-18-17(23-13-16-7-11-21-12-8-16)19(5)9-10-20(18,25-19)14(2)3/h7-8,11-12,14-15,17-18H,6,9-10,13H2,1-5H3/t15?,17-,18-,19+,20+/m1/s1. The van der Waals surface area contributed by atoms with Crippen molar-refractivity contribution < 1.29 is 18.9 Å². The van der Waals surface area contributed by atoms with Crippen LogP contribution in [0.4, 0.5) is 0 Å². The number of rotatable bonds is 8. The van der Waals surface area contributed by atoms with Crippen LogP contribution in [0.1, 0.15) is 53.0 Å². The van der Waals surface area contributed by atoms with Gasteiger partial charge in [0.05, 0.1) is 12.2 Å². The number of pyridine rings is 1. The summed E-state index contributed by atoms with van der Waals surface area (Å²) >= 11 is 0. The number of ether oxygens (including phenoxy) is 4. The average Bonchev–Trinajstić information content (AvgIpc) is 3.05. The van der Waals surface area contributed by atoms with E-state index in [2.05, 4.69) is 25.8 Å². The summed E-state index contributed by atoms with van der Waals surface area (Å²) in [5.41, 5.74) is 0.494. The quantitative estimate of drug-likeness (QED) is 0.670. The molecule has 140 valence electrons. The molecule has 5 heteroatoms. The molecule has 0 spiro atoms. The molecular formula is C20H31NO4. The highest BCUT2D eigenvalue weighted by Gasteiger charge is 2.68. The van der Waals surface area contributed by atoms with E-state index in [1.54, 1.807) is 12.4 Å². The van der Waals surface area contributed by atoms with E-state index in [0.717, 1.165) is 18.4 Å². The van der Waals surface area contributed by atoms with Crippen molar-refractivity contribution in [2.45, 2.75) is 83.8 Å². The Balaban J connectivity index is 1.80. The first-order valence-corrected chi connectivity index (χ1v) is 9.39. The van der Waals surface area contributed by atoms with Gasteiger partial charge < -0.3 is 18.9 Å². The summed E-state index contributed by atoms with van der Waals surface area (Å²) in [6.45, 7) is 11.7. The maximum absolute atomic E-state index is 6.58. The Kier molecular flexibility index (Phi) is 5.49. The molecule has 1 unspecified atom stereocenters. The molecule has 2 saturated heterocycles. The number of aromatic nitrogens is 1. The molecule has 2 aliphatic heterocycles. The van der Waals surface area contributed by atoms with E-state index in [-0.39, 0.29) is 29.7 Å². The van der Waals surface area contributed by atoms with E-state index in [0.29, 0.717) is 19.1 Å². The van der Waals surface area contributed by atoms with Crippen molar-refractivity contribution in [3.8, 4) is 0 Å². The molecule has 3 heterocycles. The van der Waals surface area contributed by atoms with Crippen molar-refractivity contribution in [3.63, 3.8) is 0 Å². The molecule has 0 aromatic carbocycles. The Labute approximate surface area is 151 Å². The van der Waals surface area contributed by atoms with Crippen LogP contribution in [0.25, 0.3) is 0 Å². The fourth-order valence-corrected chi connectivity index (χ4v) is 4.29. The van der Waals surface area contributed by atoms with Gasteiger partial charge in [0.2, 0.25) is 0 Å². The third-order valence-corrected chi connectivity index (χ3v) is 5.69. The van der Waals surface area contributed by atoms with E-state index in [9.17, 15) is 0 Å². The fourth-order valence-electron chi connectivity index (χ4n) is 4.29. The third kappa shape index (κ3) is 3.47. The summed E-state index contributed by atoms with van der Waals surface area (Å²) < 4.78 is 24.9. The lowest BCUT2D eigenvalue weighted by molar-refractivity contribution is -0.216. The second-order valence-corrected chi connectivity index (χ2v) is 7.69. The number of fused-ring (bicyclic) bond motifs is 2. The summed E-state index contributed by atoms with van der Waals surface area (Å²) in [7, 11) is 0. The Morgan fingerprint density at radius 1 is 1.20 bits per heavy atom. The van der Waals surface area contributed by atoms with E-state index >= 15 is 0 Å². The van der Waals surface area contributed by atoms with E-state index in [1.807, 2.05) is 26.0 Å². The van der Waals surface area contributed by atoms with Gasteiger partial charge in [-0.2, -0.15) is 0 Å². The van der Waals surface area contributed by atoms with Crippen LogP contribution in [0.15, 0.2) is 24.5 Å². The minimum absolute atomic E-state index is 0.111. The first-order valence-electron chi connectivity index (χ1n) is 9.39. The second kappa shape index (κ2) is 7.31. The van der Waals surface area contributed by atoms with Crippen molar-refractivity contribution in [2.24, 2.45) is 5.92 Å². The summed E-state index contributed by atoms with van der Waals surface area (Å²) in [4.78, 5) is 4.06. The topological polar surface area (TPSA) is 49.8 Å². The molecule has 2 fully saturated rings. The normalized spacial score (nSPS) is 35.4. The van der Waals surface area contributed by atoms with E-state index in [1.165, 1.54) is 0 Å². The first kappa shape index (κ1) is 18.8. The van der Waals surface area contributed by atoms with Crippen LogP contribution in [-0.4, -0.2) is 41.3 Å². The van der Waals surface area contributed by atoms with Gasteiger partial charge in [-0.3, -0.25) is 4.98 Å². The van der Waals surface area contributed by atoms with Crippen LogP contribution in [0.2, 0.25) is 0 Å². The Bertz CT molecular complexity index is 566. The number of hydrogen-bond donors (Lipinski definition) is 0. The molecule has 1 aromatic rings. The maximum atomic E-state index is 6.58. The van der Waals surface area contributed by atoms with Gasteiger partial charge in [-0.05, 0) is 57.2 Å². The van der Waals surface area contributed by atoms with Crippen LogP contribution in [0.3, 0.4) is 0 Å². The molecule has 25 heavy (non-hydrogen) atoms. The fraction of sp³-hybridized carbons (Fsp3) is 0.750. The van der Waals surface area contributed by atoms with Gasteiger partial charge >= 0.3 is 0 Å². The first-order chi connectivity index (χ1) is 11.9. The highest BCUT2D eigenvalue weighted by atomic mass is 16.7. The molecule has 1 aromatic heterocycles. The van der Waals surface area contributed by atoms with Crippen molar-refractivity contribution in [3.05, 3.63) is 30.1 Å². The molecule has 0 radical (unpaired) electrons. The van der Waals surface area contributed by atoms with Crippen LogP contribution in [-0.2, 0) is 25.6 Å². The molecule has 0 amide bonds. The number of hydrogen-bond acceptors (Lipinski definition) is 5. The maximum Gasteiger partial charge on any atom is 0.155 e. The lowest BCUT2D eigenvalue weighted by atomic mass is 9.73. The Morgan fingerprint density at radius 3 is 2.56 bits per heavy atom. The van der Waals surface area contributed by atoms with Crippen LogP contribution < -0.4 is 0 Å². The smallest absolute Gasteiger partial charge is 0.155 e. The van der Waals surface area contributed by atoms with Crippen LogP contribution >= 0.6 is 0 Å². The van der Waals surface area contributed by atoms with Crippen molar-refractivity contribution in [2.75, 3.05) is 6.61 Å². The average molecular weight is 349 g/mol. The van der Waals surface area contributed by atoms with Gasteiger partial charge in [0.15, 0.2) is 6.29 Å². The van der Waals surface area contributed by atoms with Gasteiger partial charge in [0.1, 0.15) is 17.8 Å². The lowest BCUT2D eigenvalue weighted by Gasteiger charge is -2.40.